The van der Waals surface area contributed by atoms with Crippen LogP contribution in [0.5, 0.6) is 5.75 Å². The molecule has 0 aromatic heterocycles. The molecule has 0 radical (unpaired) electrons. The van der Waals surface area contributed by atoms with Crippen LogP contribution < -0.4 is 4.74 Å². The fourth-order valence-corrected chi connectivity index (χ4v) is 2.30. The molecule has 0 bridgehead atoms. The molecule has 0 aliphatic heterocycles. The Labute approximate surface area is 109 Å². The zero-order chi connectivity index (χ0) is 13.1. The zero-order valence-corrected chi connectivity index (χ0v) is 11.6. The molecule has 18 heavy (non-hydrogen) atoms. The molecule has 0 atom stereocenters. The van der Waals surface area contributed by atoms with Gasteiger partial charge in [-0.1, -0.05) is 37.3 Å². The SMILES string of the molecule is CCc1ccc(-c2ccc(C)cc2OC)cc1C. The lowest BCUT2D eigenvalue weighted by Crippen LogP contribution is -1.91. The molecule has 0 saturated heterocycles. The monoisotopic (exact) mass is 240 g/mol. The highest BCUT2D eigenvalue weighted by Crippen LogP contribution is 2.31. The summed E-state index contributed by atoms with van der Waals surface area (Å²) >= 11 is 0. The van der Waals surface area contributed by atoms with E-state index in [1.807, 2.05) is 0 Å². The third-order valence-corrected chi connectivity index (χ3v) is 3.39. The maximum Gasteiger partial charge on any atom is 0.126 e. The van der Waals surface area contributed by atoms with E-state index in [0.717, 1.165) is 17.7 Å². The van der Waals surface area contributed by atoms with Crippen molar-refractivity contribution in [3.63, 3.8) is 0 Å². The number of hydrogen-bond acceptors (Lipinski definition) is 1. The first-order valence-electron chi connectivity index (χ1n) is 6.40. The van der Waals surface area contributed by atoms with Gasteiger partial charge in [0.2, 0.25) is 0 Å². The second kappa shape index (κ2) is 5.26. The summed E-state index contributed by atoms with van der Waals surface area (Å²) in [6.45, 7) is 6.44. The number of hydrogen-bond donors (Lipinski definition) is 0. The fraction of sp³-hybridized carbons (Fsp3) is 0.294. The Morgan fingerprint density at radius 3 is 2.39 bits per heavy atom. The van der Waals surface area contributed by atoms with Gasteiger partial charge in [0.1, 0.15) is 5.75 Å². The molecule has 94 valence electrons. The highest BCUT2D eigenvalue weighted by atomic mass is 16.5. The average molecular weight is 240 g/mol. The quantitative estimate of drug-likeness (QED) is 0.765. The van der Waals surface area contributed by atoms with Crippen molar-refractivity contribution in [2.45, 2.75) is 27.2 Å². The summed E-state index contributed by atoms with van der Waals surface area (Å²) in [5.41, 5.74) is 6.36. The minimum Gasteiger partial charge on any atom is -0.496 e. The third-order valence-electron chi connectivity index (χ3n) is 3.39. The van der Waals surface area contributed by atoms with Crippen molar-refractivity contribution in [3.8, 4) is 16.9 Å². The average Bonchev–Trinajstić information content (AvgIpc) is 2.38. The molecule has 0 N–H and O–H groups in total. The van der Waals surface area contributed by atoms with E-state index in [1.54, 1.807) is 7.11 Å². The van der Waals surface area contributed by atoms with Gasteiger partial charge in [0.25, 0.3) is 0 Å². The number of benzene rings is 2. The first kappa shape index (κ1) is 12.7. The van der Waals surface area contributed by atoms with Crippen molar-refractivity contribution in [3.05, 3.63) is 53.1 Å². The Bertz CT molecular complexity index is 556. The summed E-state index contributed by atoms with van der Waals surface area (Å²) in [4.78, 5) is 0. The molecule has 0 aliphatic carbocycles. The van der Waals surface area contributed by atoms with Crippen LogP contribution >= 0.6 is 0 Å². The predicted octanol–water partition coefficient (Wildman–Crippen LogP) is 4.54. The van der Waals surface area contributed by atoms with Crippen molar-refractivity contribution in [1.82, 2.24) is 0 Å². The van der Waals surface area contributed by atoms with Crippen LogP contribution in [0, 0.1) is 13.8 Å². The van der Waals surface area contributed by atoms with Gasteiger partial charge in [-0.05, 0) is 48.6 Å². The summed E-state index contributed by atoms with van der Waals surface area (Å²) in [7, 11) is 1.73. The van der Waals surface area contributed by atoms with Crippen LogP contribution in [0.25, 0.3) is 11.1 Å². The number of methoxy groups -OCH3 is 1. The van der Waals surface area contributed by atoms with Crippen molar-refractivity contribution in [2.75, 3.05) is 7.11 Å². The molecule has 1 nitrogen and oxygen atoms in total. The van der Waals surface area contributed by atoms with Gasteiger partial charge in [-0.25, -0.2) is 0 Å². The summed E-state index contributed by atoms with van der Waals surface area (Å²) in [6.07, 6.45) is 1.08. The van der Waals surface area contributed by atoms with E-state index in [9.17, 15) is 0 Å². The molecule has 0 spiro atoms. The van der Waals surface area contributed by atoms with Gasteiger partial charge in [-0.2, -0.15) is 0 Å². The lowest BCUT2D eigenvalue weighted by atomic mass is 9.97. The van der Waals surface area contributed by atoms with E-state index in [2.05, 4.69) is 57.2 Å². The zero-order valence-electron chi connectivity index (χ0n) is 11.6. The fourth-order valence-electron chi connectivity index (χ4n) is 2.30. The second-order valence-corrected chi connectivity index (χ2v) is 4.70. The lowest BCUT2D eigenvalue weighted by molar-refractivity contribution is 0.416. The number of aryl methyl sites for hydroxylation is 3. The minimum atomic E-state index is 0.943. The standard InChI is InChI=1S/C17H20O/c1-5-14-7-8-15(11-13(14)3)16-9-6-12(2)10-17(16)18-4/h6-11H,5H2,1-4H3. The van der Waals surface area contributed by atoms with Crippen molar-refractivity contribution in [1.29, 1.82) is 0 Å². The Morgan fingerprint density at radius 2 is 1.78 bits per heavy atom. The summed E-state index contributed by atoms with van der Waals surface area (Å²) in [6, 6.07) is 13.0. The Morgan fingerprint density at radius 1 is 1.00 bits per heavy atom. The van der Waals surface area contributed by atoms with E-state index in [0.29, 0.717) is 0 Å². The normalized spacial score (nSPS) is 10.4. The van der Waals surface area contributed by atoms with Crippen LogP contribution in [-0.4, -0.2) is 7.11 Å². The van der Waals surface area contributed by atoms with Gasteiger partial charge in [0, 0.05) is 5.56 Å². The first-order chi connectivity index (χ1) is 8.65. The van der Waals surface area contributed by atoms with E-state index in [-0.39, 0.29) is 0 Å². The molecule has 1 heteroatoms. The van der Waals surface area contributed by atoms with Gasteiger partial charge in [-0.3, -0.25) is 0 Å². The van der Waals surface area contributed by atoms with Gasteiger partial charge < -0.3 is 4.74 Å². The molecule has 2 aromatic rings. The molecule has 0 saturated carbocycles. The van der Waals surface area contributed by atoms with Crippen LogP contribution in [0.2, 0.25) is 0 Å². The lowest BCUT2D eigenvalue weighted by Gasteiger charge is -2.11. The van der Waals surface area contributed by atoms with Crippen LogP contribution in [-0.2, 0) is 6.42 Å². The molecule has 0 amide bonds. The smallest absolute Gasteiger partial charge is 0.126 e. The van der Waals surface area contributed by atoms with Crippen LogP contribution in [0.1, 0.15) is 23.6 Å². The van der Waals surface area contributed by atoms with E-state index in [4.69, 9.17) is 4.74 Å². The second-order valence-electron chi connectivity index (χ2n) is 4.70. The topological polar surface area (TPSA) is 9.23 Å². The van der Waals surface area contributed by atoms with Gasteiger partial charge in [0.15, 0.2) is 0 Å². The van der Waals surface area contributed by atoms with Gasteiger partial charge >= 0.3 is 0 Å². The minimum absolute atomic E-state index is 0.943. The molecular weight excluding hydrogens is 220 g/mol. The van der Waals surface area contributed by atoms with E-state index >= 15 is 0 Å². The number of rotatable bonds is 3. The molecule has 0 aliphatic rings. The Kier molecular flexibility index (Phi) is 3.71. The summed E-state index contributed by atoms with van der Waals surface area (Å²) in [5, 5.41) is 0. The molecule has 2 rings (SSSR count). The molecule has 0 heterocycles. The Balaban J connectivity index is 2.51. The molecule has 0 fully saturated rings. The third kappa shape index (κ3) is 2.40. The van der Waals surface area contributed by atoms with Crippen molar-refractivity contribution in [2.24, 2.45) is 0 Å². The highest BCUT2D eigenvalue weighted by molar-refractivity contribution is 5.71. The highest BCUT2D eigenvalue weighted by Gasteiger charge is 2.07. The Hall–Kier alpha value is -1.76. The van der Waals surface area contributed by atoms with Crippen LogP contribution in [0.4, 0.5) is 0 Å². The number of ether oxygens (including phenoxy) is 1. The van der Waals surface area contributed by atoms with E-state index in [1.165, 1.54) is 22.3 Å². The van der Waals surface area contributed by atoms with Crippen molar-refractivity contribution >= 4 is 0 Å². The van der Waals surface area contributed by atoms with Crippen LogP contribution in [0.15, 0.2) is 36.4 Å². The molecular formula is C17H20O. The maximum absolute atomic E-state index is 5.48. The molecule has 0 unspecified atom stereocenters. The van der Waals surface area contributed by atoms with Gasteiger partial charge in [0.05, 0.1) is 7.11 Å². The summed E-state index contributed by atoms with van der Waals surface area (Å²) in [5.74, 6) is 0.943. The largest absolute Gasteiger partial charge is 0.496 e. The van der Waals surface area contributed by atoms with E-state index < -0.39 is 0 Å². The first-order valence-corrected chi connectivity index (χ1v) is 6.40. The predicted molar refractivity (Wildman–Crippen MR) is 77.3 cm³/mol. The van der Waals surface area contributed by atoms with Gasteiger partial charge in [-0.15, -0.1) is 0 Å². The summed E-state index contributed by atoms with van der Waals surface area (Å²) < 4.78 is 5.48. The van der Waals surface area contributed by atoms with Crippen molar-refractivity contribution < 1.29 is 4.74 Å². The molecule has 2 aromatic carbocycles. The maximum atomic E-state index is 5.48. The van der Waals surface area contributed by atoms with Crippen LogP contribution in [0.3, 0.4) is 0 Å².